The molecule has 0 fully saturated rings. The van der Waals surface area contributed by atoms with Crippen LogP contribution in [-0.4, -0.2) is 23.5 Å². The van der Waals surface area contributed by atoms with E-state index in [2.05, 4.69) is 4.98 Å². The molecule has 0 saturated heterocycles. The fraction of sp³-hybridized carbons (Fsp3) is 0.269. The van der Waals surface area contributed by atoms with Crippen molar-refractivity contribution in [3.05, 3.63) is 76.5 Å². The molecule has 2 aromatic carbocycles. The monoisotopic (exact) mass is 478 g/mol. The molecule has 7 nitrogen and oxygen atoms in total. The van der Waals surface area contributed by atoms with Gasteiger partial charge in [0.2, 0.25) is 11.7 Å². The predicted molar refractivity (Wildman–Crippen MR) is 131 cm³/mol. The third-order valence-corrected chi connectivity index (χ3v) is 6.22. The SMILES string of the molecule is CCOCc1c(C(=O)OCc2csc(N(C(C)=O)c3ccccc3CC)n2)oc2ccccc12. The number of amides is 1. The van der Waals surface area contributed by atoms with Crippen LogP contribution in [-0.2, 0) is 33.9 Å². The van der Waals surface area contributed by atoms with Crippen molar-refractivity contribution in [3.8, 4) is 0 Å². The van der Waals surface area contributed by atoms with Crippen LogP contribution in [0.5, 0.6) is 0 Å². The summed E-state index contributed by atoms with van der Waals surface area (Å²) in [5, 5.41) is 3.14. The van der Waals surface area contributed by atoms with Gasteiger partial charge in [-0.05, 0) is 31.0 Å². The van der Waals surface area contributed by atoms with Crippen molar-refractivity contribution in [2.24, 2.45) is 0 Å². The number of esters is 1. The zero-order chi connectivity index (χ0) is 24.1. The van der Waals surface area contributed by atoms with E-state index in [-0.39, 0.29) is 24.9 Å². The smallest absolute Gasteiger partial charge is 0.375 e. The van der Waals surface area contributed by atoms with Gasteiger partial charge in [0.25, 0.3) is 0 Å². The number of rotatable bonds is 9. The van der Waals surface area contributed by atoms with E-state index in [4.69, 9.17) is 13.9 Å². The van der Waals surface area contributed by atoms with Crippen LogP contribution in [0.3, 0.4) is 0 Å². The molecule has 0 N–H and O–H groups in total. The van der Waals surface area contributed by atoms with Gasteiger partial charge in [-0.3, -0.25) is 9.69 Å². The minimum absolute atomic E-state index is 0.0401. The molecule has 0 bridgehead atoms. The Kier molecular flexibility index (Phi) is 7.40. The second kappa shape index (κ2) is 10.6. The summed E-state index contributed by atoms with van der Waals surface area (Å²) in [6.07, 6.45) is 0.789. The molecule has 4 aromatic rings. The van der Waals surface area contributed by atoms with Crippen LogP contribution in [0, 0.1) is 0 Å². The highest BCUT2D eigenvalue weighted by Gasteiger charge is 2.23. The van der Waals surface area contributed by atoms with E-state index < -0.39 is 5.97 Å². The molecule has 34 heavy (non-hydrogen) atoms. The Morgan fingerprint density at radius 2 is 1.82 bits per heavy atom. The molecule has 4 rings (SSSR count). The number of thiazole rings is 1. The van der Waals surface area contributed by atoms with E-state index in [1.54, 1.807) is 16.3 Å². The van der Waals surface area contributed by atoms with Gasteiger partial charge in [0.05, 0.1) is 18.0 Å². The Labute approximate surface area is 201 Å². The number of nitrogens with zero attached hydrogens (tertiary/aromatic N) is 2. The molecule has 0 aliphatic heterocycles. The van der Waals surface area contributed by atoms with Crippen molar-refractivity contribution in [1.82, 2.24) is 4.98 Å². The predicted octanol–water partition coefficient (Wildman–Crippen LogP) is 6.03. The summed E-state index contributed by atoms with van der Waals surface area (Å²) < 4.78 is 16.8. The Hall–Kier alpha value is -3.49. The summed E-state index contributed by atoms with van der Waals surface area (Å²) >= 11 is 1.32. The van der Waals surface area contributed by atoms with Crippen molar-refractivity contribution in [2.75, 3.05) is 11.5 Å². The van der Waals surface area contributed by atoms with Crippen LogP contribution in [0.15, 0.2) is 58.3 Å². The largest absolute Gasteiger partial charge is 0.453 e. The highest BCUT2D eigenvalue weighted by molar-refractivity contribution is 7.14. The topological polar surface area (TPSA) is 81.9 Å². The first kappa shape index (κ1) is 23.7. The molecule has 176 valence electrons. The average Bonchev–Trinajstić information content (AvgIpc) is 3.46. The lowest BCUT2D eigenvalue weighted by molar-refractivity contribution is -0.115. The molecule has 0 radical (unpaired) electrons. The van der Waals surface area contributed by atoms with Crippen molar-refractivity contribution >= 4 is 45.0 Å². The number of ether oxygens (including phenoxy) is 2. The average molecular weight is 479 g/mol. The van der Waals surface area contributed by atoms with Crippen LogP contribution in [0.1, 0.15) is 48.1 Å². The quantitative estimate of drug-likeness (QED) is 0.273. The molecular formula is C26H26N2O5S. The summed E-state index contributed by atoms with van der Waals surface area (Å²) in [6, 6.07) is 15.2. The minimum Gasteiger partial charge on any atom is -0.453 e. The summed E-state index contributed by atoms with van der Waals surface area (Å²) in [4.78, 5) is 31.5. The number of aromatic nitrogens is 1. The summed E-state index contributed by atoms with van der Waals surface area (Å²) in [6.45, 7) is 6.17. The van der Waals surface area contributed by atoms with Gasteiger partial charge in [-0.2, -0.15) is 0 Å². The fourth-order valence-corrected chi connectivity index (χ4v) is 4.58. The Balaban J connectivity index is 1.53. The standard InChI is InChI=1S/C26H26N2O5S/c1-4-18-10-6-8-12-22(18)28(17(3)29)26-27-19(16-34-26)14-32-25(30)24-21(15-31-5-2)20-11-7-9-13-23(20)33-24/h6-13,16H,4-5,14-15H2,1-3H3. The van der Waals surface area contributed by atoms with E-state index in [9.17, 15) is 9.59 Å². The number of hydrogen-bond acceptors (Lipinski definition) is 7. The number of hydrogen-bond donors (Lipinski definition) is 0. The van der Waals surface area contributed by atoms with Crippen molar-refractivity contribution in [2.45, 2.75) is 40.4 Å². The van der Waals surface area contributed by atoms with E-state index in [1.165, 1.54) is 18.3 Å². The Bertz CT molecular complexity index is 1310. The highest BCUT2D eigenvalue weighted by atomic mass is 32.1. The molecular weight excluding hydrogens is 452 g/mol. The third kappa shape index (κ3) is 4.88. The normalized spacial score (nSPS) is 11.0. The number of fused-ring (bicyclic) bond motifs is 1. The molecule has 0 unspecified atom stereocenters. The van der Waals surface area contributed by atoms with E-state index in [1.807, 2.05) is 56.3 Å². The van der Waals surface area contributed by atoms with Crippen LogP contribution >= 0.6 is 11.3 Å². The molecule has 8 heteroatoms. The molecule has 0 aliphatic carbocycles. The van der Waals surface area contributed by atoms with Crippen molar-refractivity contribution in [3.63, 3.8) is 0 Å². The van der Waals surface area contributed by atoms with Crippen molar-refractivity contribution < 1.29 is 23.5 Å². The molecule has 0 spiro atoms. The van der Waals surface area contributed by atoms with Gasteiger partial charge in [0.15, 0.2) is 5.13 Å². The minimum atomic E-state index is -0.583. The molecule has 0 saturated carbocycles. The maximum Gasteiger partial charge on any atom is 0.375 e. The second-order valence-electron chi connectivity index (χ2n) is 7.58. The number of furan rings is 1. The molecule has 2 aromatic heterocycles. The third-order valence-electron chi connectivity index (χ3n) is 5.34. The molecule has 0 aliphatic rings. The van der Waals surface area contributed by atoms with Crippen molar-refractivity contribution in [1.29, 1.82) is 0 Å². The van der Waals surface area contributed by atoms with Gasteiger partial charge in [-0.15, -0.1) is 11.3 Å². The first-order valence-corrected chi connectivity index (χ1v) is 12.0. The molecule has 1 amide bonds. The summed E-state index contributed by atoms with van der Waals surface area (Å²) in [7, 11) is 0. The molecule has 0 atom stereocenters. The highest BCUT2D eigenvalue weighted by Crippen LogP contribution is 2.32. The van der Waals surface area contributed by atoms with Gasteiger partial charge in [-0.1, -0.05) is 43.3 Å². The van der Waals surface area contributed by atoms with Gasteiger partial charge < -0.3 is 13.9 Å². The number of para-hydroxylation sites is 2. The number of benzene rings is 2. The van der Waals surface area contributed by atoms with Crippen LogP contribution < -0.4 is 4.90 Å². The van der Waals surface area contributed by atoms with Crippen LogP contribution in [0.4, 0.5) is 10.8 Å². The number of carbonyl (C=O) groups is 2. The maximum atomic E-state index is 12.9. The lowest BCUT2D eigenvalue weighted by Crippen LogP contribution is -2.23. The number of carbonyl (C=O) groups excluding carboxylic acids is 2. The first-order chi connectivity index (χ1) is 16.5. The number of aryl methyl sites for hydroxylation is 1. The summed E-state index contributed by atoms with van der Waals surface area (Å²) in [5.41, 5.74) is 3.68. The van der Waals surface area contributed by atoms with E-state index in [0.717, 1.165) is 23.1 Å². The van der Waals surface area contributed by atoms with E-state index >= 15 is 0 Å². The second-order valence-corrected chi connectivity index (χ2v) is 8.41. The number of anilines is 2. The lowest BCUT2D eigenvalue weighted by atomic mass is 10.1. The lowest BCUT2D eigenvalue weighted by Gasteiger charge is -2.20. The zero-order valence-electron chi connectivity index (χ0n) is 19.4. The summed E-state index contributed by atoms with van der Waals surface area (Å²) in [5.74, 6) is -0.589. The van der Waals surface area contributed by atoms with E-state index in [0.29, 0.717) is 28.6 Å². The fourth-order valence-electron chi connectivity index (χ4n) is 3.72. The van der Waals surface area contributed by atoms with Gasteiger partial charge in [0, 0.05) is 29.9 Å². The Morgan fingerprint density at radius 3 is 2.59 bits per heavy atom. The van der Waals surface area contributed by atoms with Gasteiger partial charge in [-0.25, -0.2) is 9.78 Å². The van der Waals surface area contributed by atoms with Gasteiger partial charge in [0.1, 0.15) is 12.2 Å². The van der Waals surface area contributed by atoms with Crippen LogP contribution in [0.2, 0.25) is 0 Å². The maximum absolute atomic E-state index is 12.9. The van der Waals surface area contributed by atoms with Crippen LogP contribution in [0.25, 0.3) is 11.0 Å². The van der Waals surface area contributed by atoms with Gasteiger partial charge >= 0.3 is 5.97 Å². The first-order valence-electron chi connectivity index (χ1n) is 11.1. The Morgan fingerprint density at radius 1 is 1.06 bits per heavy atom. The zero-order valence-corrected chi connectivity index (χ0v) is 20.2. The molecule has 2 heterocycles.